The Bertz CT molecular complexity index is 923. The van der Waals surface area contributed by atoms with E-state index in [-0.39, 0.29) is 24.5 Å². The predicted molar refractivity (Wildman–Crippen MR) is 84.2 cm³/mol. The molecule has 3 rings (SSSR count). The van der Waals surface area contributed by atoms with Gasteiger partial charge in [-0.25, -0.2) is 22.2 Å². The molecule has 0 radical (unpaired) electrons. The lowest BCUT2D eigenvalue weighted by Crippen LogP contribution is -2.56. The zero-order chi connectivity index (χ0) is 19.8. The van der Waals surface area contributed by atoms with Gasteiger partial charge in [0, 0.05) is 12.1 Å². The van der Waals surface area contributed by atoms with Crippen molar-refractivity contribution < 1.29 is 35.1 Å². The van der Waals surface area contributed by atoms with Gasteiger partial charge in [0.25, 0.3) is 0 Å². The minimum Gasteiger partial charge on any atom is -0.472 e. The molecule has 1 fully saturated rings. The summed E-state index contributed by atoms with van der Waals surface area (Å²) >= 11 is 0. The Morgan fingerprint density at radius 2 is 1.74 bits per heavy atom. The number of benzene rings is 1. The number of ether oxygens (including phenoxy) is 1. The van der Waals surface area contributed by atoms with E-state index in [2.05, 4.69) is 4.98 Å². The molecule has 27 heavy (non-hydrogen) atoms. The molecule has 0 saturated carbocycles. The lowest BCUT2D eigenvalue weighted by molar-refractivity contribution is -0.141. The topological polar surface area (TPSA) is 59.5 Å². The molecule has 5 nitrogen and oxygen atoms in total. The fourth-order valence-corrected chi connectivity index (χ4v) is 4.06. The number of pyridine rings is 1. The summed E-state index contributed by atoms with van der Waals surface area (Å²) in [5.41, 5.74) is -1.16. The molecule has 0 bridgehead atoms. The van der Waals surface area contributed by atoms with Crippen LogP contribution < -0.4 is 4.74 Å². The van der Waals surface area contributed by atoms with Gasteiger partial charge in [-0.2, -0.15) is 17.5 Å². The summed E-state index contributed by atoms with van der Waals surface area (Å²) in [4.78, 5) is 3.34. The molecule has 0 unspecified atom stereocenters. The van der Waals surface area contributed by atoms with Crippen molar-refractivity contribution in [2.45, 2.75) is 18.0 Å². The van der Waals surface area contributed by atoms with Crippen molar-refractivity contribution in [3.05, 3.63) is 59.3 Å². The van der Waals surface area contributed by atoms with E-state index in [9.17, 15) is 30.4 Å². The average Bonchev–Trinajstić information content (AvgIpc) is 2.48. The molecule has 1 saturated heterocycles. The summed E-state index contributed by atoms with van der Waals surface area (Å²) in [6, 6.07) is 5.63. The van der Waals surface area contributed by atoms with Crippen LogP contribution in [-0.4, -0.2) is 36.9 Å². The van der Waals surface area contributed by atoms with Crippen LogP contribution in [0.5, 0.6) is 5.88 Å². The van der Waals surface area contributed by atoms with Gasteiger partial charge in [0.1, 0.15) is 23.4 Å². The highest BCUT2D eigenvalue weighted by Gasteiger charge is 2.38. The third kappa shape index (κ3) is 4.72. The SMILES string of the molecule is O=S(=O)(Cc1cc(F)cc(F)c1)N1CC(Oc2cccc(C(F)(F)F)n2)C1. The number of halogens is 5. The van der Waals surface area contributed by atoms with Crippen molar-refractivity contribution in [1.82, 2.24) is 9.29 Å². The molecule has 0 amide bonds. The summed E-state index contributed by atoms with van der Waals surface area (Å²) in [5.74, 6) is -2.64. The molecule has 0 atom stereocenters. The lowest BCUT2D eigenvalue weighted by Gasteiger charge is -2.37. The molecule has 146 valence electrons. The first-order chi connectivity index (χ1) is 12.5. The molecule has 0 N–H and O–H groups in total. The highest BCUT2D eigenvalue weighted by Crippen LogP contribution is 2.29. The molecule has 1 aromatic heterocycles. The maximum atomic E-state index is 13.2. The van der Waals surface area contributed by atoms with Crippen molar-refractivity contribution in [2.24, 2.45) is 0 Å². The summed E-state index contributed by atoms with van der Waals surface area (Å²) in [7, 11) is -3.85. The average molecular weight is 408 g/mol. The van der Waals surface area contributed by atoms with Gasteiger partial charge in [-0.1, -0.05) is 6.07 Å². The third-order valence-corrected chi connectivity index (χ3v) is 5.56. The second kappa shape index (κ2) is 7.04. The van der Waals surface area contributed by atoms with Crippen molar-refractivity contribution in [3.63, 3.8) is 0 Å². The Kier molecular flexibility index (Phi) is 5.08. The van der Waals surface area contributed by atoms with E-state index in [1.807, 2.05) is 0 Å². The van der Waals surface area contributed by atoms with E-state index >= 15 is 0 Å². The van der Waals surface area contributed by atoms with Gasteiger partial charge in [-0.3, -0.25) is 0 Å². The molecule has 1 aliphatic rings. The van der Waals surface area contributed by atoms with Gasteiger partial charge >= 0.3 is 6.18 Å². The number of alkyl halides is 3. The summed E-state index contributed by atoms with van der Waals surface area (Å²) in [5, 5.41) is 0. The van der Waals surface area contributed by atoms with Crippen LogP contribution in [-0.2, 0) is 22.0 Å². The molecular weight excluding hydrogens is 395 g/mol. The molecule has 0 aliphatic carbocycles. The van der Waals surface area contributed by atoms with Crippen molar-refractivity contribution in [2.75, 3.05) is 13.1 Å². The number of sulfonamides is 1. The first kappa shape index (κ1) is 19.5. The van der Waals surface area contributed by atoms with Crippen molar-refractivity contribution in [1.29, 1.82) is 0 Å². The van der Waals surface area contributed by atoms with E-state index in [0.717, 1.165) is 28.6 Å². The summed E-state index contributed by atoms with van der Waals surface area (Å²) < 4.78 is 95.0. The first-order valence-electron chi connectivity index (χ1n) is 7.67. The van der Waals surface area contributed by atoms with Crippen LogP contribution in [0.15, 0.2) is 36.4 Å². The van der Waals surface area contributed by atoms with Gasteiger partial charge in [0.15, 0.2) is 0 Å². The smallest absolute Gasteiger partial charge is 0.433 e. The molecule has 11 heteroatoms. The second-order valence-electron chi connectivity index (χ2n) is 5.95. The highest BCUT2D eigenvalue weighted by molar-refractivity contribution is 7.88. The Balaban J connectivity index is 1.60. The largest absolute Gasteiger partial charge is 0.472 e. The van der Waals surface area contributed by atoms with E-state index < -0.39 is 45.4 Å². The van der Waals surface area contributed by atoms with Gasteiger partial charge < -0.3 is 4.74 Å². The van der Waals surface area contributed by atoms with Gasteiger partial charge in [0.05, 0.1) is 18.8 Å². The zero-order valence-electron chi connectivity index (χ0n) is 13.6. The number of aromatic nitrogens is 1. The van der Waals surface area contributed by atoms with E-state index in [4.69, 9.17) is 4.74 Å². The fraction of sp³-hybridized carbons (Fsp3) is 0.312. The lowest BCUT2D eigenvalue weighted by atomic mass is 10.2. The minimum atomic E-state index is -4.62. The van der Waals surface area contributed by atoms with Gasteiger partial charge in [0.2, 0.25) is 15.9 Å². The predicted octanol–water partition coefficient (Wildman–Crippen LogP) is 2.97. The Hall–Kier alpha value is -2.27. The highest BCUT2D eigenvalue weighted by atomic mass is 32.2. The summed E-state index contributed by atoms with van der Waals surface area (Å²) in [6.45, 7) is -0.198. The number of nitrogens with zero attached hydrogens (tertiary/aromatic N) is 2. The van der Waals surface area contributed by atoms with Crippen LogP contribution in [0.25, 0.3) is 0 Å². The first-order valence-corrected chi connectivity index (χ1v) is 9.27. The minimum absolute atomic E-state index is 0.0450. The maximum Gasteiger partial charge on any atom is 0.433 e. The summed E-state index contributed by atoms with van der Waals surface area (Å²) in [6.07, 6.45) is -5.28. The number of hydrogen-bond donors (Lipinski definition) is 0. The molecule has 1 aliphatic heterocycles. The van der Waals surface area contributed by atoms with Crippen molar-refractivity contribution in [3.8, 4) is 5.88 Å². The monoisotopic (exact) mass is 408 g/mol. The van der Waals surface area contributed by atoms with Crippen LogP contribution in [0.3, 0.4) is 0 Å². The number of hydrogen-bond acceptors (Lipinski definition) is 4. The Labute approximate surface area is 151 Å². The normalized spacial score (nSPS) is 16.2. The molecule has 2 aromatic rings. The van der Waals surface area contributed by atoms with Crippen molar-refractivity contribution >= 4 is 10.0 Å². The van der Waals surface area contributed by atoms with Crippen LogP contribution in [0.1, 0.15) is 11.3 Å². The number of rotatable bonds is 5. The molecular formula is C16H13F5N2O3S. The zero-order valence-corrected chi connectivity index (χ0v) is 14.4. The van der Waals surface area contributed by atoms with Gasteiger partial charge in [-0.15, -0.1) is 0 Å². The van der Waals surface area contributed by atoms with E-state index in [1.165, 1.54) is 6.07 Å². The molecule has 2 heterocycles. The Morgan fingerprint density at radius 1 is 1.11 bits per heavy atom. The second-order valence-corrected chi connectivity index (χ2v) is 7.92. The fourth-order valence-electron chi connectivity index (χ4n) is 2.51. The van der Waals surface area contributed by atoms with E-state index in [1.54, 1.807) is 0 Å². The molecule has 0 spiro atoms. The van der Waals surface area contributed by atoms with E-state index in [0.29, 0.717) is 6.07 Å². The van der Waals surface area contributed by atoms with Crippen LogP contribution in [0.2, 0.25) is 0 Å². The van der Waals surface area contributed by atoms with Crippen LogP contribution in [0, 0.1) is 11.6 Å². The van der Waals surface area contributed by atoms with Crippen LogP contribution >= 0.6 is 0 Å². The molecule has 1 aromatic carbocycles. The third-order valence-electron chi connectivity index (χ3n) is 3.78. The Morgan fingerprint density at radius 3 is 2.33 bits per heavy atom. The quantitative estimate of drug-likeness (QED) is 0.714. The van der Waals surface area contributed by atoms with Gasteiger partial charge in [-0.05, 0) is 23.8 Å². The van der Waals surface area contributed by atoms with Crippen LogP contribution in [0.4, 0.5) is 22.0 Å². The maximum absolute atomic E-state index is 13.2. The standard InChI is InChI=1S/C16H13F5N2O3S/c17-11-4-10(5-12(18)6-11)9-27(24,25)23-7-13(8-23)26-15-3-1-2-14(22-15)16(19,20)21/h1-6,13H,7-9H2.